The quantitative estimate of drug-likeness (QED) is 0.733. The molecule has 0 amide bonds. The van der Waals surface area contributed by atoms with E-state index in [1.165, 1.54) is 6.33 Å². The summed E-state index contributed by atoms with van der Waals surface area (Å²) in [7, 11) is 3.13. The van der Waals surface area contributed by atoms with Gasteiger partial charge in [0.2, 0.25) is 17.7 Å². The van der Waals surface area contributed by atoms with Gasteiger partial charge >= 0.3 is 0 Å². The van der Waals surface area contributed by atoms with Gasteiger partial charge < -0.3 is 19.3 Å². The fraction of sp³-hybridized carbons (Fsp3) is 0.500. The van der Waals surface area contributed by atoms with Crippen LogP contribution in [0.2, 0.25) is 0 Å². The molecule has 8 heteroatoms. The Morgan fingerprint density at radius 3 is 2.45 bits per heavy atom. The number of hydrogen-bond donors (Lipinski definition) is 1. The predicted octanol–water partition coefficient (Wildman–Crippen LogP) is 0.518. The summed E-state index contributed by atoms with van der Waals surface area (Å²) in [6, 6.07) is 0. The minimum Gasteiger partial charge on any atom is -0.481 e. The van der Waals surface area contributed by atoms with Gasteiger partial charge in [-0.2, -0.15) is 4.98 Å². The third kappa shape index (κ3) is 3.41. The molecule has 8 nitrogen and oxygen atoms in total. The average Bonchev–Trinajstić information content (AvgIpc) is 2.89. The van der Waals surface area contributed by atoms with E-state index in [0.717, 1.165) is 5.56 Å². The number of methoxy groups -OCH3 is 2. The molecular weight excluding hydrogens is 262 g/mol. The molecule has 0 aromatic carbocycles. The molecule has 0 bridgehead atoms. The zero-order valence-electron chi connectivity index (χ0n) is 11.7. The highest BCUT2D eigenvalue weighted by Crippen LogP contribution is 2.22. The molecule has 0 radical (unpaired) electrons. The minimum atomic E-state index is 0.500. The molecule has 0 atom stereocenters. The normalized spacial score (nSPS) is 10.6. The van der Waals surface area contributed by atoms with Gasteiger partial charge in [-0.05, 0) is 0 Å². The van der Waals surface area contributed by atoms with Gasteiger partial charge in [-0.25, -0.2) is 9.97 Å². The topological polar surface area (TPSA) is 95.2 Å². The van der Waals surface area contributed by atoms with Crippen LogP contribution in [-0.4, -0.2) is 40.9 Å². The lowest BCUT2D eigenvalue weighted by Crippen LogP contribution is -2.18. The zero-order valence-corrected chi connectivity index (χ0v) is 11.7. The standard InChI is InChI=1S/C12H17N5O3/c1-8-16-10(17-20-8)4-5-13-6-9-11(18-2)14-7-15-12(9)19-3/h7,13H,4-6H2,1-3H3. The molecule has 0 aliphatic carbocycles. The van der Waals surface area contributed by atoms with Gasteiger partial charge in [0.25, 0.3) is 0 Å². The first-order chi connectivity index (χ1) is 9.74. The van der Waals surface area contributed by atoms with Gasteiger partial charge in [-0.15, -0.1) is 0 Å². The predicted molar refractivity (Wildman–Crippen MR) is 69.6 cm³/mol. The first-order valence-electron chi connectivity index (χ1n) is 6.16. The van der Waals surface area contributed by atoms with Gasteiger partial charge in [-0.1, -0.05) is 5.16 Å². The van der Waals surface area contributed by atoms with Crippen molar-refractivity contribution in [3.63, 3.8) is 0 Å². The van der Waals surface area contributed by atoms with Gasteiger partial charge in [0.15, 0.2) is 5.82 Å². The van der Waals surface area contributed by atoms with Crippen LogP contribution >= 0.6 is 0 Å². The van der Waals surface area contributed by atoms with E-state index in [0.29, 0.717) is 43.0 Å². The molecule has 20 heavy (non-hydrogen) atoms. The molecule has 108 valence electrons. The number of hydrogen-bond acceptors (Lipinski definition) is 8. The molecule has 2 aromatic heterocycles. The monoisotopic (exact) mass is 279 g/mol. The van der Waals surface area contributed by atoms with E-state index in [1.807, 2.05) is 0 Å². The van der Waals surface area contributed by atoms with Crippen molar-refractivity contribution in [2.75, 3.05) is 20.8 Å². The van der Waals surface area contributed by atoms with Crippen molar-refractivity contribution in [1.29, 1.82) is 0 Å². The molecule has 0 spiro atoms. The number of nitrogens with one attached hydrogen (secondary N) is 1. The minimum absolute atomic E-state index is 0.500. The van der Waals surface area contributed by atoms with E-state index >= 15 is 0 Å². The Hall–Kier alpha value is -2.22. The Bertz CT molecular complexity index is 536. The van der Waals surface area contributed by atoms with Gasteiger partial charge in [0.1, 0.15) is 6.33 Å². The number of ether oxygens (including phenoxy) is 2. The van der Waals surface area contributed by atoms with E-state index in [-0.39, 0.29) is 0 Å². The lowest BCUT2D eigenvalue weighted by molar-refractivity contribution is 0.359. The lowest BCUT2D eigenvalue weighted by atomic mass is 10.3. The van der Waals surface area contributed by atoms with Crippen LogP contribution in [0.5, 0.6) is 11.8 Å². The Balaban J connectivity index is 1.90. The van der Waals surface area contributed by atoms with Gasteiger partial charge in [-0.3, -0.25) is 0 Å². The van der Waals surface area contributed by atoms with Crippen LogP contribution < -0.4 is 14.8 Å². The van der Waals surface area contributed by atoms with Crippen LogP contribution in [-0.2, 0) is 13.0 Å². The SMILES string of the molecule is COc1ncnc(OC)c1CNCCc1noc(C)n1. The summed E-state index contributed by atoms with van der Waals surface area (Å²) < 4.78 is 15.3. The summed E-state index contributed by atoms with van der Waals surface area (Å²) in [5.74, 6) is 2.25. The van der Waals surface area contributed by atoms with Crippen molar-refractivity contribution in [2.24, 2.45) is 0 Å². The number of nitrogens with zero attached hydrogens (tertiary/aromatic N) is 4. The molecule has 2 aromatic rings. The maximum absolute atomic E-state index is 5.20. The second kappa shape index (κ2) is 6.80. The molecule has 0 aliphatic rings. The highest BCUT2D eigenvalue weighted by atomic mass is 16.5. The summed E-state index contributed by atoms with van der Waals surface area (Å²) in [6.45, 7) is 2.99. The number of rotatable bonds is 7. The van der Waals surface area contributed by atoms with Crippen LogP contribution in [0.25, 0.3) is 0 Å². The fourth-order valence-electron chi connectivity index (χ4n) is 1.74. The molecule has 0 fully saturated rings. The third-order valence-electron chi connectivity index (χ3n) is 2.65. The smallest absolute Gasteiger partial charge is 0.224 e. The first-order valence-corrected chi connectivity index (χ1v) is 6.16. The zero-order chi connectivity index (χ0) is 14.4. The summed E-state index contributed by atoms with van der Waals surface area (Å²) >= 11 is 0. The van der Waals surface area contributed by atoms with Crippen molar-refractivity contribution in [3.05, 3.63) is 23.6 Å². The van der Waals surface area contributed by atoms with Crippen molar-refractivity contribution in [2.45, 2.75) is 19.9 Å². The molecule has 0 saturated carbocycles. The first kappa shape index (κ1) is 14.2. The molecule has 2 heterocycles. The highest BCUT2D eigenvalue weighted by molar-refractivity contribution is 5.34. The Morgan fingerprint density at radius 2 is 1.90 bits per heavy atom. The van der Waals surface area contributed by atoms with Gasteiger partial charge in [0, 0.05) is 26.4 Å². The van der Waals surface area contributed by atoms with Crippen LogP contribution in [0.4, 0.5) is 0 Å². The number of aryl methyl sites for hydroxylation is 1. The largest absolute Gasteiger partial charge is 0.481 e. The maximum atomic E-state index is 5.20. The third-order valence-corrected chi connectivity index (χ3v) is 2.65. The van der Waals surface area contributed by atoms with Crippen molar-refractivity contribution in [1.82, 2.24) is 25.4 Å². The van der Waals surface area contributed by atoms with E-state index in [4.69, 9.17) is 14.0 Å². The van der Waals surface area contributed by atoms with Crippen LogP contribution in [0.15, 0.2) is 10.9 Å². The molecule has 1 N–H and O–H groups in total. The molecule has 0 unspecified atom stereocenters. The molecular formula is C12H17N5O3. The summed E-state index contributed by atoms with van der Waals surface area (Å²) in [6.07, 6.45) is 2.08. The Morgan fingerprint density at radius 1 is 1.20 bits per heavy atom. The summed E-state index contributed by atoms with van der Waals surface area (Å²) in [5, 5.41) is 7.07. The lowest BCUT2D eigenvalue weighted by Gasteiger charge is -2.11. The van der Waals surface area contributed by atoms with Crippen molar-refractivity contribution >= 4 is 0 Å². The number of aromatic nitrogens is 4. The van der Waals surface area contributed by atoms with Crippen molar-refractivity contribution < 1.29 is 14.0 Å². The van der Waals surface area contributed by atoms with Gasteiger partial charge in [0.05, 0.1) is 19.8 Å². The second-order valence-corrected chi connectivity index (χ2v) is 4.03. The molecule has 0 saturated heterocycles. The molecule has 2 rings (SSSR count). The average molecular weight is 279 g/mol. The van der Waals surface area contributed by atoms with E-state index in [9.17, 15) is 0 Å². The Labute approximate surface area is 116 Å². The van der Waals surface area contributed by atoms with Crippen LogP contribution in [0.1, 0.15) is 17.3 Å². The second-order valence-electron chi connectivity index (χ2n) is 4.03. The van der Waals surface area contributed by atoms with Crippen LogP contribution in [0, 0.1) is 6.92 Å². The fourth-order valence-corrected chi connectivity index (χ4v) is 1.74. The van der Waals surface area contributed by atoms with E-state index < -0.39 is 0 Å². The summed E-state index contributed by atoms with van der Waals surface area (Å²) in [4.78, 5) is 12.2. The van der Waals surface area contributed by atoms with Crippen molar-refractivity contribution in [3.8, 4) is 11.8 Å². The highest BCUT2D eigenvalue weighted by Gasteiger charge is 2.12. The summed E-state index contributed by atoms with van der Waals surface area (Å²) in [5.41, 5.74) is 0.779. The molecule has 0 aliphatic heterocycles. The van der Waals surface area contributed by atoms with E-state index in [1.54, 1.807) is 21.1 Å². The van der Waals surface area contributed by atoms with Crippen LogP contribution in [0.3, 0.4) is 0 Å². The maximum Gasteiger partial charge on any atom is 0.224 e. The Kier molecular flexibility index (Phi) is 4.83. The van der Waals surface area contributed by atoms with E-state index in [2.05, 4.69) is 25.4 Å².